The lowest BCUT2D eigenvalue weighted by molar-refractivity contribution is 0.542. The fourth-order valence-electron chi connectivity index (χ4n) is 3.49. The molecule has 0 aliphatic carbocycles. The van der Waals surface area contributed by atoms with Crippen LogP contribution in [0.4, 0.5) is 8.78 Å². The van der Waals surface area contributed by atoms with Gasteiger partial charge in [-0.25, -0.2) is 13.8 Å². The molecule has 0 bridgehead atoms. The Morgan fingerprint density at radius 3 is 2.45 bits per heavy atom. The molecule has 0 aliphatic heterocycles. The molecule has 1 atom stereocenters. The van der Waals surface area contributed by atoms with Gasteiger partial charge in [0, 0.05) is 25.2 Å². The molecule has 2 aromatic carbocycles. The lowest BCUT2D eigenvalue weighted by Gasteiger charge is -2.25. The third kappa shape index (κ3) is 3.94. The maximum atomic E-state index is 14.6. The van der Waals surface area contributed by atoms with Gasteiger partial charge in [-0.2, -0.15) is 10.2 Å². The Labute approximate surface area is 167 Å². The molecule has 7 heteroatoms. The van der Waals surface area contributed by atoms with Gasteiger partial charge in [-0.1, -0.05) is 37.3 Å². The third-order valence-corrected chi connectivity index (χ3v) is 5.13. The van der Waals surface area contributed by atoms with Crippen LogP contribution in [0.2, 0.25) is 0 Å². The van der Waals surface area contributed by atoms with Crippen molar-refractivity contribution in [1.29, 1.82) is 0 Å². The largest absolute Gasteiger partial charge is 0.268 e. The minimum absolute atomic E-state index is 0.111. The van der Waals surface area contributed by atoms with E-state index in [4.69, 9.17) is 0 Å². The van der Waals surface area contributed by atoms with Crippen molar-refractivity contribution in [3.05, 3.63) is 96.1 Å². The van der Waals surface area contributed by atoms with Gasteiger partial charge < -0.3 is 0 Å². The van der Waals surface area contributed by atoms with Crippen molar-refractivity contribution in [2.24, 2.45) is 7.05 Å². The first-order valence-electron chi connectivity index (χ1n) is 9.25. The maximum Gasteiger partial charge on any atom is 0.137 e. The minimum Gasteiger partial charge on any atom is -0.268 e. The Morgan fingerprint density at radius 2 is 1.83 bits per heavy atom. The van der Waals surface area contributed by atoms with Crippen molar-refractivity contribution < 1.29 is 8.78 Å². The van der Waals surface area contributed by atoms with E-state index < -0.39 is 11.6 Å². The second-order valence-corrected chi connectivity index (χ2v) is 6.93. The molecule has 4 rings (SSSR count). The summed E-state index contributed by atoms with van der Waals surface area (Å²) in [6.07, 6.45) is 4.78. The van der Waals surface area contributed by atoms with Gasteiger partial charge in [-0.3, -0.25) is 9.36 Å². The van der Waals surface area contributed by atoms with Gasteiger partial charge in [0.05, 0.1) is 12.2 Å². The number of aryl methyl sites for hydroxylation is 1. The van der Waals surface area contributed by atoms with Crippen LogP contribution in [0.25, 0.3) is 11.3 Å². The predicted octanol–water partition coefficient (Wildman–Crippen LogP) is 4.38. The zero-order valence-electron chi connectivity index (χ0n) is 16.1. The molecule has 0 aliphatic rings. The van der Waals surface area contributed by atoms with Crippen LogP contribution >= 0.6 is 0 Å². The fourth-order valence-corrected chi connectivity index (χ4v) is 3.49. The zero-order valence-corrected chi connectivity index (χ0v) is 16.1. The molecular weight excluding hydrogens is 372 g/mol. The van der Waals surface area contributed by atoms with E-state index in [1.165, 1.54) is 18.5 Å². The number of hydrogen-bond donors (Lipinski definition) is 0. The van der Waals surface area contributed by atoms with Crippen LogP contribution in [0.5, 0.6) is 0 Å². The smallest absolute Gasteiger partial charge is 0.137 e. The minimum atomic E-state index is -0.598. The van der Waals surface area contributed by atoms with E-state index in [1.54, 1.807) is 17.2 Å². The van der Waals surface area contributed by atoms with Crippen molar-refractivity contribution in [1.82, 2.24) is 24.5 Å². The number of benzene rings is 2. The van der Waals surface area contributed by atoms with Crippen LogP contribution in [-0.4, -0.2) is 24.5 Å². The number of nitrogens with zero attached hydrogens (tertiary/aromatic N) is 5. The monoisotopic (exact) mass is 392 g/mol. The summed E-state index contributed by atoms with van der Waals surface area (Å²) in [4.78, 5) is 3.96. The average Bonchev–Trinajstić information content (AvgIpc) is 3.38. The molecule has 2 heterocycles. The van der Waals surface area contributed by atoms with Crippen molar-refractivity contribution in [3.8, 4) is 11.3 Å². The van der Waals surface area contributed by atoms with Crippen molar-refractivity contribution >= 4 is 0 Å². The summed E-state index contributed by atoms with van der Waals surface area (Å²) in [5.41, 5.74) is 3.47. The van der Waals surface area contributed by atoms with E-state index in [0.717, 1.165) is 28.8 Å². The number of aromatic nitrogens is 5. The Kier molecular flexibility index (Phi) is 5.20. The van der Waals surface area contributed by atoms with Crippen LogP contribution in [0.1, 0.15) is 24.0 Å². The average molecular weight is 392 g/mol. The van der Waals surface area contributed by atoms with E-state index in [1.807, 2.05) is 49.0 Å². The van der Waals surface area contributed by atoms with Crippen LogP contribution in [0.3, 0.4) is 0 Å². The molecule has 0 saturated carbocycles. The Bertz CT molecular complexity index is 1090. The first kappa shape index (κ1) is 19.0. The molecule has 0 spiro atoms. The van der Waals surface area contributed by atoms with E-state index in [0.29, 0.717) is 12.1 Å². The van der Waals surface area contributed by atoms with Gasteiger partial charge in [0.1, 0.15) is 24.3 Å². The van der Waals surface area contributed by atoms with E-state index in [2.05, 4.69) is 15.2 Å². The van der Waals surface area contributed by atoms with Crippen LogP contribution < -0.4 is 0 Å². The van der Waals surface area contributed by atoms with Crippen LogP contribution in [-0.2, 0) is 13.6 Å². The van der Waals surface area contributed by atoms with Crippen molar-refractivity contribution in [2.75, 3.05) is 0 Å². The Hall–Kier alpha value is -3.35. The van der Waals surface area contributed by atoms with Crippen LogP contribution in [0, 0.1) is 17.6 Å². The summed E-state index contributed by atoms with van der Waals surface area (Å²) < 4.78 is 31.5. The zero-order chi connectivity index (χ0) is 20.4. The topological polar surface area (TPSA) is 48.5 Å². The summed E-state index contributed by atoms with van der Waals surface area (Å²) in [5.74, 6) is -0.501. The maximum absolute atomic E-state index is 14.6. The van der Waals surface area contributed by atoms with Gasteiger partial charge in [0.2, 0.25) is 0 Å². The highest BCUT2D eigenvalue weighted by molar-refractivity contribution is 5.60. The molecule has 0 saturated heterocycles. The van der Waals surface area contributed by atoms with Gasteiger partial charge >= 0.3 is 0 Å². The highest BCUT2D eigenvalue weighted by Crippen LogP contribution is 2.35. The molecule has 0 amide bonds. The first-order valence-corrected chi connectivity index (χ1v) is 9.25. The summed E-state index contributed by atoms with van der Waals surface area (Å²) in [7, 11) is 1.90. The summed E-state index contributed by atoms with van der Waals surface area (Å²) >= 11 is 0. The number of rotatable bonds is 6. The van der Waals surface area contributed by atoms with Crippen molar-refractivity contribution in [2.45, 2.75) is 19.4 Å². The van der Waals surface area contributed by atoms with E-state index >= 15 is 0 Å². The predicted molar refractivity (Wildman–Crippen MR) is 106 cm³/mol. The molecule has 4 aromatic rings. The molecule has 0 unspecified atom stereocenters. The highest BCUT2D eigenvalue weighted by Gasteiger charge is 2.26. The second-order valence-electron chi connectivity index (χ2n) is 6.93. The molecule has 0 N–H and O–H groups in total. The Balaban J connectivity index is 1.67. The van der Waals surface area contributed by atoms with Gasteiger partial charge in [-0.05, 0) is 34.7 Å². The van der Waals surface area contributed by atoms with Crippen LogP contribution in [0.15, 0.2) is 67.4 Å². The quantitative estimate of drug-likeness (QED) is 0.489. The Morgan fingerprint density at radius 1 is 1.03 bits per heavy atom. The van der Waals surface area contributed by atoms with Gasteiger partial charge in [0.15, 0.2) is 0 Å². The number of hydrogen-bond acceptors (Lipinski definition) is 3. The first-order chi connectivity index (χ1) is 14.0. The molecule has 5 nitrogen and oxygen atoms in total. The lowest BCUT2D eigenvalue weighted by Crippen LogP contribution is -2.18. The molecule has 147 valence electrons. The van der Waals surface area contributed by atoms with Crippen molar-refractivity contribution in [3.63, 3.8) is 0 Å². The highest BCUT2D eigenvalue weighted by atomic mass is 19.1. The number of halogens is 2. The summed E-state index contributed by atoms with van der Waals surface area (Å²) in [6.45, 7) is 2.36. The lowest BCUT2D eigenvalue weighted by atomic mass is 9.82. The summed E-state index contributed by atoms with van der Waals surface area (Å²) in [6, 6.07) is 13.7. The molecular formula is C22H20F2N5. The molecule has 0 fully saturated rings. The standard InChI is InChI=1S/C22H20F2N5/c1-15(16-3-5-17(6-4-16)22-9-10-26-28(22)2)20(12-29-14-25-13-27-29)19-8-7-18(23)11-21(19)24/h3-11,13-15H,12H2,1-2H3/t15-/m1/s1. The molecule has 2 aromatic heterocycles. The third-order valence-electron chi connectivity index (χ3n) is 5.13. The summed E-state index contributed by atoms with van der Waals surface area (Å²) in [5, 5.41) is 8.34. The molecule has 1 radical (unpaired) electrons. The fraction of sp³-hybridized carbons (Fsp3) is 0.182. The SMILES string of the molecule is C[C@@H]([C](Cn1cncn1)c1ccc(F)cc1F)c1ccc(-c2ccnn2C)cc1. The van der Waals surface area contributed by atoms with Gasteiger partial charge in [0.25, 0.3) is 0 Å². The van der Waals surface area contributed by atoms with E-state index in [9.17, 15) is 8.78 Å². The van der Waals surface area contributed by atoms with E-state index in [-0.39, 0.29) is 5.92 Å². The normalized spacial score (nSPS) is 12.4. The second kappa shape index (κ2) is 7.95. The molecule has 29 heavy (non-hydrogen) atoms. The van der Waals surface area contributed by atoms with Gasteiger partial charge in [-0.15, -0.1) is 0 Å².